The summed E-state index contributed by atoms with van der Waals surface area (Å²) in [6.45, 7) is 5.29. The highest BCUT2D eigenvalue weighted by Gasteiger charge is 1.75. The summed E-state index contributed by atoms with van der Waals surface area (Å²) in [4.78, 5) is 0. The predicted octanol–water partition coefficient (Wildman–Crippen LogP) is 2.83. The average molecular weight is 114 g/mol. The van der Waals surface area contributed by atoms with E-state index in [2.05, 4.69) is 0 Å². The van der Waals surface area contributed by atoms with Gasteiger partial charge in [0.1, 0.15) is 0 Å². The molecule has 0 atom stereocenters. The lowest BCUT2D eigenvalue weighted by atomic mass is 10.3. The minimum atomic E-state index is -0.147. The summed E-state index contributed by atoms with van der Waals surface area (Å²) in [7, 11) is 0. The normalized spacial score (nSPS) is 11.2. The van der Waals surface area contributed by atoms with E-state index < -0.39 is 0 Å². The van der Waals surface area contributed by atoms with Gasteiger partial charge >= 0.3 is 0 Å². The van der Waals surface area contributed by atoms with Crippen molar-refractivity contribution in [2.75, 3.05) is 0 Å². The standard InChI is InChI=1S/C7H11F/c1-6(2)4-5-7(3)8/h4-5H,1-3H3. The van der Waals surface area contributed by atoms with Crippen molar-refractivity contribution in [2.45, 2.75) is 20.8 Å². The Morgan fingerprint density at radius 3 is 1.75 bits per heavy atom. The van der Waals surface area contributed by atoms with E-state index in [1.54, 1.807) is 6.08 Å². The van der Waals surface area contributed by atoms with Crippen molar-refractivity contribution in [2.24, 2.45) is 0 Å². The second-order valence-corrected chi connectivity index (χ2v) is 2.00. The molecule has 1 heteroatoms. The van der Waals surface area contributed by atoms with Crippen LogP contribution in [0, 0.1) is 0 Å². The van der Waals surface area contributed by atoms with E-state index in [1.807, 2.05) is 13.8 Å². The molecular weight excluding hydrogens is 103 g/mol. The van der Waals surface area contributed by atoms with Gasteiger partial charge in [-0.2, -0.15) is 0 Å². The van der Waals surface area contributed by atoms with Crippen molar-refractivity contribution >= 4 is 0 Å². The molecule has 0 aliphatic rings. The smallest absolute Gasteiger partial charge is 0.0968 e. The van der Waals surface area contributed by atoms with Crippen LogP contribution in [0.1, 0.15) is 20.8 Å². The summed E-state index contributed by atoms with van der Waals surface area (Å²) in [6, 6.07) is 0. The fourth-order valence-corrected chi connectivity index (χ4v) is 0.281. The van der Waals surface area contributed by atoms with Crippen LogP contribution in [0.4, 0.5) is 4.39 Å². The van der Waals surface area contributed by atoms with Crippen LogP contribution in [-0.4, -0.2) is 0 Å². The molecule has 0 N–H and O–H groups in total. The highest BCUT2D eigenvalue weighted by molar-refractivity contribution is 5.09. The molecule has 0 aliphatic carbocycles. The van der Waals surface area contributed by atoms with Crippen LogP contribution in [0.25, 0.3) is 0 Å². The number of rotatable bonds is 1. The van der Waals surface area contributed by atoms with E-state index in [-0.39, 0.29) is 5.83 Å². The first-order valence-corrected chi connectivity index (χ1v) is 2.60. The zero-order valence-electron chi connectivity index (χ0n) is 5.53. The molecular formula is C7H11F. The van der Waals surface area contributed by atoms with Gasteiger partial charge in [-0.15, -0.1) is 0 Å². The van der Waals surface area contributed by atoms with Gasteiger partial charge < -0.3 is 0 Å². The van der Waals surface area contributed by atoms with E-state index in [0.29, 0.717) is 0 Å². The fraction of sp³-hybridized carbons (Fsp3) is 0.429. The molecule has 0 nitrogen and oxygen atoms in total. The number of halogens is 1. The molecule has 0 amide bonds. The fourth-order valence-electron chi connectivity index (χ4n) is 0.281. The second-order valence-electron chi connectivity index (χ2n) is 2.00. The van der Waals surface area contributed by atoms with Crippen molar-refractivity contribution in [3.63, 3.8) is 0 Å². The predicted molar refractivity (Wildman–Crippen MR) is 34.3 cm³/mol. The Labute approximate surface area is 49.7 Å². The van der Waals surface area contributed by atoms with Gasteiger partial charge in [-0.3, -0.25) is 0 Å². The molecule has 0 saturated heterocycles. The van der Waals surface area contributed by atoms with Gasteiger partial charge in [-0.1, -0.05) is 11.6 Å². The molecule has 0 saturated carbocycles. The zero-order valence-corrected chi connectivity index (χ0v) is 5.53. The summed E-state index contributed by atoms with van der Waals surface area (Å²) >= 11 is 0. The molecule has 0 spiro atoms. The molecule has 0 aromatic heterocycles. The lowest BCUT2D eigenvalue weighted by Crippen LogP contribution is -1.61. The Balaban J connectivity index is 3.76. The SMILES string of the molecule is CC(C)=CC=C(C)F. The summed E-state index contributed by atoms with van der Waals surface area (Å²) < 4.78 is 11.9. The summed E-state index contributed by atoms with van der Waals surface area (Å²) in [6.07, 6.45) is 3.20. The van der Waals surface area contributed by atoms with Gasteiger partial charge in [0.2, 0.25) is 0 Å². The van der Waals surface area contributed by atoms with Gasteiger partial charge in [-0.25, -0.2) is 4.39 Å². The van der Waals surface area contributed by atoms with Crippen LogP contribution in [0.5, 0.6) is 0 Å². The molecule has 0 radical (unpaired) electrons. The van der Waals surface area contributed by atoms with Crippen LogP contribution in [0.3, 0.4) is 0 Å². The highest BCUT2D eigenvalue weighted by atomic mass is 19.1. The zero-order chi connectivity index (χ0) is 6.57. The van der Waals surface area contributed by atoms with Gasteiger partial charge in [0.15, 0.2) is 0 Å². The van der Waals surface area contributed by atoms with Gasteiger partial charge in [0.25, 0.3) is 0 Å². The summed E-state index contributed by atoms with van der Waals surface area (Å²) in [5, 5.41) is 0. The first-order chi connectivity index (χ1) is 3.63. The molecule has 0 aliphatic heterocycles. The first-order valence-electron chi connectivity index (χ1n) is 2.60. The van der Waals surface area contributed by atoms with Crippen molar-refractivity contribution in [3.05, 3.63) is 23.6 Å². The van der Waals surface area contributed by atoms with E-state index >= 15 is 0 Å². The largest absolute Gasteiger partial charge is 0.212 e. The van der Waals surface area contributed by atoms with Crippen LogP contribution < -0.4 is 0 Å². The summed E-state index contributed by atoms with van der Waals surface area (Å²) in [5.74, 6) is -0.147. The number of allylic oxidation sites excluding steroid dienone is 4. The average Bonchev–Trinajstić information content (AvgIpc) is 1.61. The van der Waals surface area contributed by atoms with E-state index in [0.717, 1.165) is 5.57 Å². The quantitative estimate of drug-likeness (QED) is 0.460. The van der Waals surface area contributed by atoms with Crippen LogP contribution in [0.2, 0.25) is 0 Å². The van der Waals surface area contributed by atoms with Crippen LogP contribution >= 0.6 is 0 Å². The topological polar surface area (TPSA) is 0 Å². The lowest BCUT2D eigenvalue weighted by Gasteiger charge is -1.81. The molecule has 0 rings (SSSR count). The molecule has 0 aromatic carbocycles. The highest BCUT2D eigenvalue weighted by Crippen LogP contribution is 1.95. The minimum absolute atomic E-state index is 0.147. The van der Waals surface area contributed by atoms with Crippen LogP contribution in [0.15, 0.2) is 23.6 Å². The van der Waals surface area contributed by atoms with Crippen molar-refractivity contribution in [1.29, 1.82) is 0 Å². The van der Waals surface area contributed by atoms with Gasteiger partial charge in [0, 0.05) is 0 Å². The Kier molecular flexibility index (Phi) is 3.16. The third-order valence-corrected chi connectivity index (χ3v) is 0.646. The molecule has 8 heavy (non-hydrogen) atoms. The molecule has 0 unspecified atom stereocenters. The Morgan fingerprint density at radius 2 is 1.62 bits per heavy atom. The Hall–Kier alpha value is -0.590. The van der Waals surface area contributed by atoms with Gasteiger partial charge in [0.05, 0.1) is 5.83 Å². The molecule has 46 valence electrons. The Morgan fingerprint density at radius 1 is 1.12 bits per heavy atom. The maximum absolute atomic E-state index is 11.9. The molecule has 0 heterocycles. The van der Waals surface area contributed by atoms with Gasteiger partial charge in [-0.05, 0) is 26.8 Å². The molecule has 0 bridgehead atoms. The van der Waals surface area contributed by atoms with Crippen LogP contribution in [-0.2, 0) is 0 Å². The van der Waals surface area contributed by atoms with Crippen molar-refractivity contribution < 1.29 is 4.39 Å². The molecule has 0 aromatic rings. The lowest BCUT2D eigenvalue weighted by molar-refractivity contribution is 0.640. The van der Waals surface area contributed by atoms with Crippen molar-refractivity contribution in [1.82, 2.24) is 0 Å². The minimum Gasteiger partial charge on any atom is -0.212 e. The third-order valence-electron chi connectivity index (χ3n) is 0.646. The maximum atomic E-state index is 11.9. The summed E-state index contributed by atoms with van der Waals surface area (Å²) in [5.41, 5.74) is 1.11. The maximum Gasteiger partial charge on any atom is 0.0968 e. The molecule has 0 fully saturated rings. The number of hydrogen-bond acceptors (Lipinski definition) is 0. The third kappa shape index (κ3) is 5.41. The van der Waals surface area contributed by atoms with E-state index in [9.17, 15) is 4.39 Å². The van der Waals surface area contributed by atoms with Crippen molar-refractivity contribution in [3.8, 4) is 0 Å². The monoisotopic (exact) mass is 114 g/mol. The Bertz CT molecular complexity index is 96.3. The second kappa shape index (κ2) is 3.42. The number of hydrogen-bond donors (Lipinski definition) is 0. The van der Waals surface area contributed by atoms with E-state index in [4.69, 9.17) is 0 Å². The first kappa shape index (κ1) is 7.41. The van der Waals surface area contributed by atoms with E-state index in [1.165, 1.54) is 13.0 Å².